The van der Waals surface area contributed by atoms with Gasteiger partial charge in [-0.25, -0.2) is 4.79 Å². The molecule has 0 radical (unpaired) electrons. The zero-order chi connectivity index (χ0) is 13.5. The van der Waals surface area contributed by atoms with E-state index in [9.17, 15) is 4.79 Å². The molecule has 0 aliphatic carbocycles. The van der Waals surface area contributed by atoms with Crippen LogP contribution in [0.2, 0.25) is 0 Å². The third-order valence-electron chi connectivity index (χ3n) is 2.84. The van der Waals surface area contributed by atoms with Crippen LogP contribution in [0.5, 0.6) is 5.75 Å². The molecule has 4 nitrogen and oxygen atoms in total. The Hall–Kier alpha value is -1.55. The summed E-state index contributed by atoms with van der Waals surface area (Å²) < 4.78 is 5.36. The number of carbonyl (C=O) groups excluding carboxylic acids is 1. The standard InChI is InChI=1S/C14H22N2O2/c1-5-13(15(3)4)16(6-2)14(17)18-12-10-8-7-9-11-12/h7-11,13H,5-6H2,1-4H3. The van der Waals surface area contributed by atoms with Crippen LogP contribution in [0.25, 0.3) is 0 Å². The molecule has 0 saturated heterocycles. The van der Waals surface area contributed by atoms with E-state index in [4.69, 9.17) is 4.74 Å². The van der Waals surface area contributed by atoms with Crippen LogP contribution in [0.1, 0.15) is 20.3 Å². The lowest BCUT2D eigenvalue weighted by Crippen LogP contribution is -2.48. The van der Waals surface area contributed by atoms with Crippen molar-refractivity contribution in [2.24, 2.45) is 0 Å². The van der Waals surface area contributed by atoms with Crippen LogP contribution in [-0.2, 0) is 0 Å². The quantitative estimate of drug-likeness (QED) is 0.753. The maximum atomic E-state index is 12.1. The van der Waals surface area contributed by atoms with Crippen LogP contribution in [0.15, 0.2) is 30.3 Å². The predicted octanol–water partition coefficient (Wildman–Crippen LogP) is 2.81. The molecule has 1 unspecified atom stereocenters. The van der Waals surface area contributed by atoms with Gasteiger partial charge in [-0.2, -0.15) is 0 Å². The van der Waals surface area contributed by atoms with Crippen molar-refractivity contribution in [3.63, 3.8) is 0 Å². The molecule has 1 aromatic carbocycles. The molecule has 0 aliphatic rings. The highest BCUT2D eigenvalue weighted by molar-refractivity contribution is 5.70. The Morgan fingerprint density at radius 2 is 1.83 bits per heavy atom. The molecule has 4 heteroatoms. The number of hydrogen-bond acceptors (Lipinski definition) is 3. The average molecular weight is 250 g/mol. The molecule has 0 fully saturated rings. The van der Waals surface area contributed by atoms with Gasteiger partial charge in [0.25, 0.3) is 0 Å². The van der Waals surface area contributed by atoms with Crippen molar-refractivity contribution in [3.8, 4) is 5.75 Å². The van der Waals surface area contributed by atoms with Gasteiger partial charge >= 0.3 is 6.09 Å². The number of nitrogens with zero attached hydrogens (tertiary/aromatic N) is 2. The van der Waals surface area contributed by atoms with Crippen LogP contribution >= 0.6 is 0 Å². The van der Waals surface area contributed by atoms with Crippen LogP contribution < -0.4 is 4.74 Å². The predicted molar refractivity (Wildman–Crippen MR) is 72.6 cm³/mol. The fourth-order valence-electron chi connectivity index (χ4n) is 1.97. The second-order valence-electron chi connectivity index (χ2n) is 4.32. The van der Waals surface area contributed by atoms with Crippen LogP contribution in [0, 0.1) is 0 Å². The van der Waals surface area contributed by atoms with Crippen LogP contribution in [-0.4, -0.2) is 42.7 Å². The number of hydrogen-bond donors (Lipinski definition) is 0. The topological polar surface area (TPSA) is 32.8 Å². The number of amides is 1. The van der Waals surface area contributed by atoms with Gasteiger partial charge in [0.2, 0.25) is 0 Å². The van der Waals surface area contributed by atoms with E-state index in [0.717, 1.165) is 6.42 Å². The minimum atomic E-state index is -0.302. The van der Waals surface area contributed by atoms with Gasteiger partial charge in [-0.1, -0.05) is 25.1 Å². The minimum Gasteiger partial charge on any atom is -0.410 e. The SMILES string of the molecule is CCC(N(C)C)N(CC)C(=O)Oc1ccccc1. The molecule has 1 amide bonds. The van der Waals surface area contributed by atoms with Crippen LogP contribution in [0.4, 0.5) is 4.79 Å². The van der Waals surface area contributed by atoms with Crippen molar-refractivity contribution >= 4 is 6.09 Å². The second kappa shape index (κ2) is 7.01. The first kappa shape index (κ1) is 14.5. The van der Waals surface area contributed by atoms with E-state index >= 15 is 0 Å². The van der Waals surface area contributed by atoms with Crippen molar-refractivity contribution in [2.75, 3.05) is 20.6 Å². The maximum absolute atomic E-state index is 12.1. The van der Waals surface area contributed by atoms with Gasteiger partial charge in [0.1, 0.15) is 5.75 Å². The molecule has 0 saturated carbocycles. The summed E-state index contributed by atoms with van der Waals surface area (Å²) in [5, 5.41) is 0. The monoisotopic (exact) mass is 250 g/mol. The molecular formula is C14H22N2O2. The van der Waals surface area contributed by atoms with E-state index in [1.54, 1.807) is 17.0 Å². The first-order chi connectivity index (χ1) is 8.60. The van der Waals surface area contributed by atoms with E-state index < -0.39 is 0 Å². The van der Waals surface area contributed by atoms with Gasteiger partial charge in [0.05, 0.1) is 6.17 Å². The Bertz CT molecular complexity index is 365. The minimum absolute atomic E-state index is 0.0613. The highest BCUT2D eigenvalue weighted by Crippen LogP contribution is 2.13. The largest absolute Gasteiger partial charge is 0.416 e. The molecule has 0 bridgehead atoms. The highest BCUT2D eigenvalue weighted by Gasteiger charge is 2.24. The first-order valence-electron chi connectivity index (χ1n) is 6.30. The number of ether oxygens (including phenoxy) is 1. The fraction of sp³-hybridized carbons (Fsp3) is 0.500. The van der Waals surface area contributed by atoms with Crippen molar-refractivity contribution in [3.05, 3.63) is 30.3 Å². The molecule has 1 atom stereocenters. The summed E-state index contributed by atoms with van der Waals surface area (Å²) in [5.41, 5.74) is 0. The number of carbonyl (C=O) groups is 1. The molecule has 0 aliphatic heterocycles. The summed E-state index contributed by atoms with van der Waals surface area (Å²) in [6.07, 6.45) is 0.625. The Labute approximate surface area is 109 Å². The summed E-state index contributed by atoms with van der Waals surface area (Å²) in [6, 6.07) is 9.15. The molecule has 1 rings (SSSR count). The van der Waals surface area contributed by atoms with Gasteiger partial charge in [-0.05, 0) is 39.6 Å². The summed E-state index contributed by atoms with van der Waals surface area (Å²) in [4.78, 5) is 15.9. The summed E-state index contributed by atoms with van der Waals surface area (Å²) in [5.74, 6) is 0.578. The maximum Gasteiger partial charge on any atom is 0.416 e. The van der Waals surface area contributed by atoms with Gasteiger partial charge in [0, 0.05) is 6.54 Å². The Morgan fingerprint density at radius 1 is 1.22 bits per heavy atom. The molecule has 18 heavy (non-hydrogen) atoms. The third-order valence-corrected chi connectivity index (χ3v) is 2.84. The lowest BCUT2D eigenvalue weighted by molar-refractivity contribution is 0.0757. The second-order valence-corrected chi connectivity index (χ2v) is 4.32. The molecule has 1 aromatic rings. The van der Waals surface area contributed by atoms with Gasteiger partial charge in [-0.15, -0.1) is 0 Å². The smallest absolute Gasteiger partial charge is 0.410 e. The van der Waals surface area contributed by atoms with E-state index in [1.807, 2.05) is 44.1 Å². The Balaban J connectivity index is 2.73. The normalized spacial score (nSPS) is 12.3. The number of para-hydroxylation sites is 1. The lowest BCUT2D eigenvalue weighted by Gasteiger charge is -2.33. The summed E-state index contributed by atoms with van der Waals surface area (Å²) in [6.45, 7) is 4.64. The summed E-state index contributed by atoms with van der Waals surface area (Å²) >= 11 is 0. The molecule has 0 N–H and O–H groups in total. The van der Waals surface area contributed by atoms with E-state index in [-0.39, 0.29) is 12.3 Å². The van der Waals surface area contributed by atoms with Crippen molar-refractivity contribution in [2.45, 2.75) is 26.4 Å². The fourth-order valence-corrected chi connectivity index (χ4v) is 1.97. The third kappa shape index (κ3) is 3.74. The van der Waals surface area contributed by atoms with Crippen LogP contribution in [0.3, 0.4) is 0 Å². The number of benzene rings is 1. The lowest BCUT2D eigenvalue weighted by atomic mass is 10.3. The van der Waals surface area contributed by atoms with E-state index in [0.29, 0.717) is 12.3 Å². The van der Waals surface area contributed by atoms with E-state index in [2.05, 4.69) is 6.92 Å². The molecular weight excluding hydrogens is 228 g/mol. The zero-order valence-electron chi connectivity index (χ0n) is 11.6. The molecule has 0 aromatic heterocycles. The Kier molecular flexibility index (Phi) is 5.65. The zero-order valence-corrected chi connectivity index (χ0v) is 11.6. The highest BCUT2D eigenvalue weighted by atomic mass is 16.6. The van der Waals surface area contributed by atoms with Gasteiger partial charge < -0.3 is 4.74 Å². The van der Waals surface area contributed by atoms with Crippen molar-refractivity contribution in [1.29, 1.82) is 0 Å². The first-order valence-corrected chi connectivity index (χ1v) is 6.30. The number of rotatable bonds is 5. The molecule has 0 spiro atoms. The van der Waals surface area contributed by atoms with Crippen molar-refractivity contribution < 1.29 is 9.53 Å². The van der Waals surface area contributed by atoms with Gasteiger partial charge in [0.15, 0.2) is 0 Å². The Morgan fingerprint density at radius 3 is 2.28 bits per heavy atom. The molecule has 0 heterocycles. The molecule has 100 valence electrons. The summed E-state index contributed by atoms with van der Waals surface area (Å²) in [7, 11) is 3.93. The van der Waals surface area contributed by atoms with Gasteiger partial charge in [-0.3, -0.25) is 9.80 Å². The van der Waals surface area contributed by atoms with E-state index in [1.165, 1.54) is 0 Å². The van der Waals surface area contributed by atoms with Crippen molar-refractivity contribution in [1.82, 2.24) is 9.80 Å². The average Bonchev–Trinajstić information content (AvgIpc) is 2.36.